The van der Waals surface area contributed by atoms with Gasteiger partial charge in [-0.25, -0.2) is 0 Å². The van der Waals surface area contributed by atoms with Gasteiger partial charge >= 0.3 is 5.97 Å². The molecule has 2 aliphatic carbocycles. The van der Waals surface area contributed by atoms with E-state index >= 15 is 0 Å². The Balaban J connectivity index is 2.27. The van der Waals surface area contributed by atoms with Gasteiger partial charge in [0.05, 0.1) is 12.5 Å². The molecule has 2 aliphatic rings. The van der Waals surface area contributed by atoms with Gasteiger partial charge in [-0.05, 0) is 56.3 Å². The lowest BCUT2D eigenvalue weighted by Gasteiger charge is -2.57. The number of ketones is 1. The summed E-state index contributed by atoms with van der Waals surface area (Å²) in [4.78, 5) is 24.7. The quantitative estimate of drug-likeness (QED) is 0.528. The number of methoxy groups -OCH3 is 1. The van der Waals surface area contributed by atoms with Crippen LogP contribution in [0, 0.1) is 28.6 Å². The van der Waals surface area contributed by atoms with E-state index in [2.05, 4.69) is 20.4 Å². The van der Waals surface area contributed by atoms with Crippen molar-refractivity contribution in [2.24, 2.45) is 28.6 Å². The molecule has 2 rings (SSSR count). The molecule has 24 heavy (non-hydrogen) atoms. The average molecular weight is 335 g/mol. The summed E-state index contributed by atoms with van der Waals surface area (Å²) >= 11 is 0. The summed E-state index contributed by atoms with van der Waals surface area (Å²) < 4.78 is 5.16. The summed E-state index contributed by atoms with van der Waals surface area (Å²) in [5.41, 5.74) is 0.927. The van der Waals surface area contributed by atoms with Gasteiger partial charge < -0.3 is 4.74 Å². The van der Waals surface area contributed by atoms with Crippen molar-refractivity contribution >= 4 is 11.8 Å². The molecule has 0 spiro atoms. The first-order valence-corrected chi connectivity index (χ1v) is 9.45. The fourth-order valence-corrected chi connectivity index (χ4v) is 5.54. The molecule has 0 aliphatic heterocycles. The van der Waals surface area contributed by atoms with Crippen molar-refractivity contribution in [2.45, 2.75) is 72.6 Å². The van der Waals surface area contributed by atoms with E-state index in [0.717, 1.165) is 38.5 Å². The Kier molecular flexibility index (Phi) is 5.61. The lowest BCUT2D eigenvalue weighted by Crippen LogP contribution is -2.53. The highest BCUT2D eigenvalue weighted by atomic mass is 16.5. The summed E-state index contributed by atoms with van der Waals surface area (Å²) in [6.07, 6.45) is 6.54. The minimum Gasteiger partial charge on any atom is -0.469 e. The number of fused-ring (bicyclic) bond motifs is 1. The molecular weight excluding hydrogens is 300 g/mol. The second-order valence-electron chi connectivity index (χ2n) is 8.73. The summed E-state index contributed by atoms with van der Waals surface area (Å²) in [7, 11) is 1.50. The first-order chi connectivity index (χ1) is 11.2. The van der Waals surface area contributed by atoms with E-state index in [1.54, 1.807) is 0 Å². The molecule has 0 heterocycles. The van der Waals surface area contributed by atoms with Gasteiger partial charge in [-0.15, -0.1) is 0 Å². The first-order valence-electron chi connectivity index (χ1n) is 9.45. The van der Waals surface area contributed by atoms with E-state index < -0.39 is 5.41 Å². The van der Waals surface area contributed by atoms with E-state index in [4.69, 9.17) is 4.74 Å². The van der Waals surface area contributed by atoms with Crippen LogP contribution in [-0.2, 0) is 14.3 Å². The molecule has 3 nitrogen and oxygen atoms in total. The number of hydrogen-bond donors (Lipinski definition) is 0. The number of Topliss-reactive ketones (excluding diaryl/α,β-unsaturated/α-hetero) is 1. The average Bonchev–Trinajstić information content (AvgIpc) is 2.52. The fraction of sp³-hybridized carbons (Fsp3) is 0.810. The van der Waals surface area contributed by atoms with Crippen molar-refractivity contribution in [3.63, 3.8) is 0 Å². The first kappa shape index (κ1) is 19.2. The number of rotatable bonds is 5. The predicted molar refractivity (Wildman–Crippen MR) is 96.5 cm³/mol. The third kappa shape index (κ3) is 3.19. The Bertz CT molecular complexity index is 521. The Morgan fingerprint density at radius 1 is 1.29 bits per heavy atom. The molecule has 0 saturated heterocycles. The van der Waals surface area contributed by atoms with Crippen LogP contribution in [0.15, 0.2) is 12.2 Å². The molecule has 0 aromatic carbocycles. The lowest BCUT2D eigenvalue weighted by molar-refractivity contribution is -0.168. The van der Waals surface area contributed by atoms with Crippen molar-refractivity contribution in [2.75, 3.05) is 7.11 Å². The van der Waals surface area contributed by atoms with Gasteiger partial charge in [-0.3, -0.25) is 9.59 Å². The normalized spacial score (nSPS) is 36.3. The largest absolute Gasteiger partial charge is 0.469 e. The molecule has 0 bridgehead atoms. The predicted octanol–water partition coefficient (Wildman–Crippen LogP) is 4.94. The molecule has 0 aromatic rings. The van der Waals surface area contributed by atoms with Crippen molar-refractivity contribution in [1.82, 2.24) is 0 Å². The maximum Gasteiger partial charge on any atom is 0.311 e. The smallest absolute Gasteiger partial charge is 0.311 e. The molecule has 0 unspecified atom stereocenters. The molecule has 2 fully saturated rings. The minimum atomic E-state index is -0.400. The Morgan fingerprint density at radius 3 is 2.54 bits per heavy atom. The van der Waals surface area contributed by atoms with Crippen LogP contribution in [-0.4, -0.2) is 18.9 Å². The van der Waals surface area contributed by atoms with Crippen LogP contribution in [0.4, 0.5) is 0 Å². The summed E-state index contributed by atoms with van der Waals surface area (Å²) in [5.74, 6) is 1.01. The zero-order valence-corrected chi connectivity index (χ0v) is 16.1. The number of allylic oxidation sites excluding steroid dienone is 1. The van der Waals surface area contributed by atoms with Crippen LogP contribution in [0.1, 0.15) is 72.6 Å². The van der Waals surface area contributed by atoms with Gasteiger partial charge in [0.15, 0.2) is 0 Å². The molecule has 0 amide bonds. The molecule has 3 heteroatoms. The zero-order chi connectivity index (χ0) is 18.1. The van der Waals surface area contributed by atoms with E-state index in [9.17, 15) is 9.59 Å². The summed E-state index contributed by atoms with van der Waals surface area (Å²) in [6, 6.07) is 0. The SMILES string of the molecule is C=C1CC[C@@H]2[C@](C)(CCC[C@@]2(C)C(=O)OC)[C@H]1CCC(=O)C(C)C. The Labute approximate surface area is 147 Å². The standard InChI is InChI=1S/C21H34O3/c1-14(2)17(22)10-9-16-15(3)8-11-18-20(16,4)12-7-13-21(18,5)19(23)24-6/h14,16,18H,3,7-13H2,1-2,4-6H3/t16-,18+,20+,21+/m0/s1. The maximum absolute atomic E-state index is 12.5. The molecule has 4 atom stereocenters. The monoisotopic (exact) mass is 334 g/mol. The van der Waals surface area contributed by atoms with E-state index in [1.165, 1.54) is 12.7 Å². The number of carbonyl (C=O) groups excluding carboxylic acids is 2. The molecule has 0 N–H and O–H groups in total. The maximum atomic E-state index is 12.5. The van der Waals surface area contributed by atoms with Gasteiger partial charge in [0.25, 0.3) is 0 Å². The second-order valence-corrected chi connectivity index (χ2v) is 8.73. The van der Waals surface area contributed by atoms with Crippen molar-refractivity contribution in [1.29, 1.82) is 0 Å². The number of ether oxygens (including phenoxy) is 1. The Hall–Kier alpha value is -1.12. The van der Waals surface area contributed by atoms with Crippen molar-refractivity contribution in [3.8, 4) is 0 Å². The fourth-order valence-electron chi connectivity index (χ4n) is 5.54. The number of esters is 1. The van der Waals surface area contributed by atoms with E-state index in [1.807, 2.05) is 13.8 Å². The number of carbonyl (C=O) groups is 2. The van der Waals surface area contributed by atoms with Gasteiger partial charge in [0, 0.05) is 12.3 Å². The van der Waals surface area contributed by atoms with E-state index in [-0.39, 0.29) is 17.3 Å². The van der Waals surface area contributed by atoms with Crippen molar-refractivity contribution < 1.29 is 14.3 Å². The van der Waals surface area contributed by atoms with Crippen LogP contribution in [0.2, 0.25) is 0 Å². The molecule has 0 aromatic heterocycles. The molecular formula is C21H34O3. The highest BCUT2D eigenvalue weighted by Gasteiger charge is 2.57. The topological polar surface area (TPSA) is 43.4 Å². The van der Waals surface area contributed by atoms with Gasteiger partial charge in [-0.2, -0.15) is 0 Å². The third-order valence-electron chi connectivity index (χ3n) is 6.99. The van der Waals surface area contributed by atoms with Crippen LogP contribution in [0.5, 0.6) is 0 Å². The van der Waals surface area contributed by atoms with Crippen LogP contribution in [0.3, 0.4) is 0 Å². The van der Waals surface area contributed by atoms with Gasteiger partial charge in [0.2, 0.25) is 0 Å². The highest BCUT2D eigenvalue weighted by Crippen LogP contribution is 2.62. The molecule has 0 radical (unpaired) electrons. The van der Waals surface area contributed by atoms with Crippen LogP contribution >= 0.6 is 0 Å². The third-order valence-corrected chi connectivity index (χ3v) is 6.99. The summed E-state index contributed by atoms with van der Waals surface area (Å²) in [6.45, 7) is 12.7. The molecule has 2 saturated carbocycles. The highest BCUT2D eigenvalue weighted by molar-refractivity contribution is 5.80. The summed E-state index contributed by atoms with van der Waals surface area (Å²) in [5, 5.41) is 0. The van der Waals surface area contributed by atoms with Gasteiger partial charge in [-0.1, -0.05) is 39.3 Å². The minimum absolute atomic E-state index is 0.0494. The zero-order valence-electron chi connectivity index (χ0n) is 16.1. The second kappa shape index (κ2) is 7.01. The molecule has 136 valence electrons. The van der Waals surface area contributed by atoms with Gasteiger partial charge in [0.1, 0.15) is 5.78 Å². The van der Waals surface area contributed by atoms with Crippen LogP contribution < -0.4 is 0 Å². The Morgan fingerprint density at radius 2 is 1.96 bits per heavy atom. The van der Waals surface area contributed by atoms with Crippen molar-refractivity contribution in [3.05, 3.63) is 12.2 Å². The number of hydrogen-bond acceptors (Lipinski definition) is 3. The lowest BCUT2D eigenvalue weighted by atomic mass is 9.46. The van der Waals surface area contributed by atoms with E-state index in [0.29, 0.717) is 24.0 Å². The van der Waals surface area contributed by atoms with Crippen LogP contribution in [0.25, 0.3) is 0 Å².